The second kappa shape index (κ2) is 7.91. The number of hydrogen-bond acceptors (Lipinski definition) is 3. The van der Waals surface area contributed by atoms with Crippen molar-refractivity contribution >= 4 is 11.6 Å². The lowest BCUT2D eigenvalue weighted by Crippen LogP contribution is -2.36. The van der Waals surface area contributed by atoms with Crippen LogP contribution in [-0.4, -0.2) is 36.5 Å². The minimum atomic E-state index is 0.120. The Balaban J connectivity index is 1.91. The third-order valence-electron chi connectivity index (χ3n) is 3.64. The molecule has 1 heterocycles. The average Bonchev–Trinajstić information content (AvgIpc) is 2.74. The minimum Gasteiger partial charge on any atom is -0.489 e. The van der Waals surface area contributed by atoms with E-state index >= 15 is 0 Å². The van der Waals surface area contributed by atoms with Crippen LogP contribution in [0.2, 0.25) is 0 Å². The minimum absolute atomic E-state index is 0.120. The number of nitrogens with one attached hydrogen (secondary N) is 1. The zero-order valence-electron chi connectivity index (χ0n) is 13.1. The van der Waals surface area contributed by atoms with E-state index in [0.29, 0.717) is 6.54 Å². The molecule has 116 valence electrons. The molecule has 4 heteroatoms. The van der Waals surface area contributed by atoms with Crippen LogP contribution in [0.4, 0.5) is 5.69 Å². The monoisotopic (exact) mass is 290 g/mol. The molecular formula is C17H26N2O2. The van der Waals surface area contributed by atoms with E-state index in [1.165, 1.54) is 12.8 Å². The third-order valence-corrected chi connectivity index (χ3v) is 3.64. The SMILES string of the molecule is CC(C)Oc1ccccc1NCC(=O)N1CCCCCC1. The van der Waals surface area contributed by atoms with Gasteiger partial charge in [0.15, 0.2) is 0 Å². The maximum atomic E-state index is 12.3. The Morgan fingerprint density at radius 3 is 2.52 bits per heavy atom. The molecule has 1 fully saturated rings. The Hall–Kier alpha value is -1.71. The second-order valence-electron chi connectivity index (χ2n) is 5.81. The number of likely N-dealkylation sites (tertiary alicyclic amines) is 1. The van der Waals surface area contributed by atoms with E-state index in [0.717, 1.165) is 37.4 Å². The van der Waals surface area contributed by atoms with Crippen molar-refractivity contribution in [2.24, 2.45) is 0 Å². The van der Waals surface area contributed by atoms with Gasteiger partial charge in [-0.15, -0.1) is 0 Å². The molecule has 1 saturated heterocycles. The van der Waals surface area contributed by atoms with Gasteiger partial charge in [-0.1, -0.05) is 25.0 Å². The summed E-state index contributed by atoms with van der Waals surface area (Å²) < 4.78 is 5.76. The van der Waals surface area contributed by atoms with Gasteiger partial charge in [-0.3, -0.25) is 4.79 Å². The van der Waals surface area contributed by atoms with Gasteiger partial charge >= 0.3 is 0 Å². The maximum Gasteiger partial charge on any atom is 0.241 e. The summed E-state index contributed by atoms with van der Waals surface area (Å²) in [4.78, 5) is 14.3. The molecule has 0 aromatic heterocycles. The van der Waals surface area contributed by atoms with Crippen LogP contribution in [-0.2, 0) is 4.79 Å². The quantitative estimate of drug-likeness (QED) is 0.904. The summed E-state index contributed by atoms with van der Waals surface area (Å²) in [5.74, 6) is 0.979. The van der Waals surface area contributed by atoms with Crippen LogP contribution in [0.3, 0.4) is 0 Å². The second-order valence-corrected chi connectivity index (χ2v) is 5.81. The molecule has 0 aliphatic carbocycles. The maximum absolute atomic E-state index is 12.3. The first kappa shape index (κ1) is 15.7. The number of rotatable bonds is 5. The van der Waals surface area contributed by atoms with Gasteiger partial charge in [-0.05, 0) is 38.8 Å². The molecule has 0 saturated carbocycles. The first-order chi connectivity index (χ1) is 10.2. The Morgan fingerprint density at radius 1 is 1.19 bits per heavy atom. The number of para-hydroxylation sites is 2. The fourth-order valence-electron chi connectivity index (χ4n) is 2.57. The standard InChI is InChI=1S/C17H26N2O2/c1-14(2)21-16-10-6-5-9-15(16)18-13-17(20)19-11-7-3-4-8-12-19/h5-6,9-10,14,18H,3-4,7-8,11-13H2,1-2H3. The van der Waals surface area contributed by atoms with Gasteiger partial charge in [0.25, 0.3) is 0 Å². The number of nitrogens with zero attached hydrogens (tertiary/aromatic N) is 1. The van der Waals surface area contributed by atoms with Crippen LogP contribution in [0.25, 0.3) is 0 Å². The molecule has 21 heavy (non-hydrogen) atoms. The molecule has 4 nitrogen and oxygen atoms in total. The van der Waals surface area contributed by atoms with E-state index in [1.54, 1.807) is 0 Å². The summed E-state index contributed by atoms with van der Waals surface area (Å²) in [6.07, 6.45) is 4.84. The van der Waals surface area contributed by atoms with Gasteiger partial charge < -0.3 is 15.0 Å². The molecule has 0 spiro atoms. The predicted molar refractivity (Wildman–Crippen MR) is 85.7 cm³/mol. The van der Waals surface area contributed by atoms with Gasteiger partial charge in [0.2, 0.25) is 5.91 Å². The van der Waals surface area contributed by atoms with E-state index in [9.17, 15) is 4.79 Å². The lowest BCUT2D eigenvalue weighted by atomic mass is 10.2. The van der Waals surface area contributed by atoms with E-state index in [-0.39, 0.29) is 12.0 Å². The Kier molecular flexibility index (Phi) is 5.90. The van der Waals surface area contributed by atoms with Crippen molar-refractivity contribution in [3.05, 3.63) is 24.3 Å². The molecule has 1 aliphatic heterocycles. The summed E-state index contributed by atoms with van der Waals surface area (Å²) in [5.41, 5.74) is 0.884. The largest absolute Gasteiger partial charge is 0.489 e. The average molecular weight is 290 g/mol. The number of carbonyl (C=O) groups excluding carboxylic acids is 1. The molecular weight excluding hydrogens is 264 g/mol. The number of anilines is 1. The Labute approximate surface area is 127 Å². The fraction of sp³-hybridized carbons (Fsp3) is 0.588. The van der Waals surface area contributed by atoms with E-state index in [4.69, 9.17) is 4.74 Å². The first-order valence-corrected chi connectivity index (χ1v) is 7.94. The van der Waals surface area contributed by atoms with E-state index in [1.807, 2.05) is 43.0 Å². The predicted octanol–water partition coefficient (Wildman–Crippen LogP) is 3.29. The van der Waals surface area contributed by atoms with E-state index < -0.39 is 0 Å². The van der Waals surface area contributed by atoms with Crippen molar-refractivity contribution in [3.63, 3.8) is 0 Å². The molecule has 1 N–H and O–H groups in total. The molecule has 1 aliphatic rings. The van der Waals surface area contributed by atoms with Gasteiger partial charge in [-0.25, -0.2) is 0 Å². The number of carbonyl (C=O) groups is 1. The highest BCUT2D eigenvalue weighted by Gasteiger charge is 2.15. The first-order valence-electron chi connectivity index (χ1n) is 7.94. The van der Waals surface area contributed by atoms with Crippen LogP contribution in [0.1, 0.15) is 39.5 Å². The van der Waals surface area contributed by atoms with Gasteiger partial charge in [-0.2, -0.15) is 0 Å². The topological polar surface area (TPSA) is 41.6 Å². The van der Waals surface area contributed by atoms with Crippen molar-refractivity contribution < 1.29 is 9.53 Å². The normalized spacial score (nSPS) is 15.7. The summed E-state index contributed by atoms with van der Waals surface area (Å²) in [5, 5.41) is 3.22. The molecule has 1 amide bonds. The van der Waals surface area contributed by atoms with Crippen molar-refractivity contribution in [1.29, 1.82) is 0 Å². The molecule has 0 atom stereocenters. The van der Waals surface area contributed by atoms with Crippen LogP contribution >= 0.6 is 0 Å². The summed E-state index contributed by atoms with van der Waals surface area (Å²) in [7, 11) is 0. The van der Waals surface area contributed by atoms with Crippen LogP contribution in [0, 0.1) is 0 Å². The highest BCUT2D eigenvalue weighted by atomic mass is 16.5. The van der Waals surface area contributed by atoms with Gasteiger partial charge in [0, 0.05) is 13.1 Å². The molecule has 1 aromatic carbocycles. The van der Waals surface area contributed by atoms with Crippen molar-refractivity contribution in [2.75, 3.05) is 25.0 Å². The Morgan fingerprint density at radius 2 is 1.86 bits per heavy atom. The molecule has 2 rings (SSSR count). The van der Waals surface area contributed by atoms with Crippen LogP contribution in [0.15, 0.2) is 24.3 Å². The molecule has 0 radical (unpaired) electrons. The third kappa shape index (κ3) is 4.96. The van der Waals surface area contributed by atoms with Crippen molar-refractivity contribution in [2.45, 2.75) is 45.6 Å². The van der Waals surface area contributed by atoms with Gasteiger partial charge in [0.05, 0.1) is 18.3 Å². The number of hydrogen-bond donors (Lipinski definition) is 1. The zero-order chi connectivity index (χ0) is 15.1. The highest BCUT2D eigenvalue weighted by Crippen LogP contribution is 2.24. The summed E-state index contributed by atoms with van der Waals surface area (Å²) >= 11 is 0. The summed E-state index contributed by atoms with van der Waals surface area (Å²) in [6.45, 7) is 6.12. The lowest BCUT2D eigenvalue weighted by Gasteiger charge is -2.21. The molecule has 0 bridgehead atoms. The van der Waals surface area contributed by atoms with E-state index in [2.05, 4.69) is 5.32 Å². The van der Waals surface area contributed by atoms with Crippen molar-refractivity contribution in [1.82, 2.24) is 4.90 Å². The summed E-state index contributed by atoms with van der Waals surface area (Å²) in [6, 6.07) is 7.78. The number of ether oxygens (including phenoxy) is 1. The zero-order valence-corrected chi connectivity index (χ0v) is 13.1. The van der Waals surface area contributed by atoms with Crippen molar-refractivity contribution in [3.8, 4) is 5.75 Å². The molecule has 1 aromatic rings. The number of benzene rings is 1. The Bertz CT molecular complexity index is 452. The molecule has 0 unspecified atom stereocenters. The van der Waals surface area contributed by atoms with Crippen LogP contribution < -0.4 is 10.1 Å². The highest BCUT2D eigenvalue weighted by molar-refractivity contribution is 5.81. The van der Waals surface area contributed by atoms with Gasteiger partial charge in [0.1, 0.15) is 5.75 Å². The van der Waals surface area contributed by atoms with Crippen LogP contribution in [0.5, 0.6) is 5.75 Å². The fourth-order valence-corrected chi connectivity index (χ4v) is 2.57. The number of amides is 1. The lowest BCUT2D eigenvalue weighted by molar-refractivity contribution is -0.129. The smallest absolute Gasteiger partial charge is 0.241 e.